The molecule has 0 unspecified atom stereocenters. The number of benzene rings is 2. The molecule has 2 aromatic carbocycles. The molecule has 0 saturated heterocycles. The number of hydrogen-bond donors (Lipinski definition) is 0. The molecule has 88 valence electrons. The van der Waals surface area contributed by atoms with Gasteiger partial charge in [-0.25, -0.2) is 0 Å². The molecule has 0 radical (unpaired) electrons. The lowest BCUT2D eigenvalue weighted by Crippen LogP contribution is -1.87. The highest BCUT2D eigenvalue weighted by atomic mass is 14.0. The van der Waals surface area contributed by atoms with E-state index in [2.05, 4.69) is 43.5 Å². The van der Waals surface area contributed by atoms with Crippen molar-refractivity contribution < 1.29 is 0 Å². The number of aryl methyl sites for hydroxylation is 1. The first kappa shape index (κ1) is 12.2. The first-order chi connectivity index (χ1) is 8.79. The molecule has 0 aliphatic heterocycles. The third-order valence-electron chi connectivity index (χ3n) is 2.80. The van der Waals surface area contributed by atoms with Crippen LogP contribution in [-0.2, 0) is 6.42 Å². The van der Waals surface area contributed by atoms with Crippen LogP contribution < -0.4 is 0 Å². The Bertz CT molecular complexity index is 595. The third-order valence-corrected chi connectivity index (χ3v) is 2.80. The molecule has 2 aromatic rings. The Morgan fingerprint density at radius 2 is 1.83 bits per heavy atom. The third kappa shape index (κ3) is 3.12. The Balaban J connectivity index is 2.31. The molecule has 18 heavy (non-hydrogen) atoms. The van der Waals surface area contributed by atoms with Gasteiger partial charge in [-0.1, -0.05) is 48.2 Å². The summed E-state index contributed by atoms with van der Waals surface area (Å²) >= 11 is 0. The van der Waals surface area contributed by atoms with Crippen molar-refractivity contribution >= 4 is 0 Å². The molecule has 0 aromatic heterocycles. The van der Waals surface area contributed by atoms with E-state index in [1.807, 2.05) is 36.4 Å². The smallest absolute Gasteiger partial charge is 0.0281 e. The molecule has 0 aliphatic carbocycles. The predicted molar refractivity (Wildman–Crippen MR) is 77.5 cm³/mol. The Morgan fingerprint density at radius 1 is 1.06 bits per heavy atom. The van der Waals surface area contributed by atoms with E-state index in [4.69, 9.17) is 0 Å². The molecule has 0 fully saturated rings. The topological polar surface area (TPSA) is 0 Å². The van der Waals surface area contributed by atoms with Gasteiger partial charge in [-0.3, -0.25) is 0 Å². The molecule has 2 rings (SSSR count). The zero-order valence-electron chi connectivity index (χ0n) is 10.6. The predicted octanol–water partition coefficient (Wildman–Crippen LogP) is 4.12. The van der Waals surface area contributed by atoms with Gasteiger partial charge in [-0.2, -0.15) is 0 Å². The van der Waals surface area contributed by atoms with Gasteiger partial charge in [0.25, 0.3) is 0 Å². The van der Waals surface area contributed by atoms with Crippen LogP contribution in [0.4, 0.5) is 0 Å². The van der Waals surface area contributed by atoms with E-state index in [-0.39, 0.29) is 0 Å². The Morgan fingerprint density at radius 3 is 2.56 bits per heavy atom. The summed E-state index contributed by atoms with van der Waals surface area (Å²) in [5, 5.41) is 0. The van der Waals surface area contributed by atoms with Crippen molar-refractivity contribution in [3.8, 4) is 11.8 Å². The van der Waals surface area contributed by atoms with Crippen molar-refractivity contribution in [3.63, 3.8) is 0 Å². The number of allylic oxidation sites excluding steroid dienone is 1. The van der Waals surface area contributed by atoms with E-state index in [0.29, 0.717) is 0 Å². The fourth-order valence-corrected chi connectivity index (χ4v) is 1.76. The highest BCUT2D eigenvalue weighted by Crippen LogP contribution is 2.11. The molecular weight excluding hydrogens is 216 g/mol. The standard InChI is InChI=1S/C18H16/c1-3-7-17-11-10-15(2)18(14-17)13-12-16-8-5-4-6-9-16/h3-6,8-11,14H,1,7H2,2H3. The summed E-state index contributed by atoms with van der Waals surface area (Å²) < 4.78 is 0. The fourth-order valence-electron chi connectivity index (χ4n) is 1.76. The van der Waals surface area contributed by atoms with Crippen LogP contribution in [0.3, 0.4) is 0 Å². The zero-order valence-corrected chi connectivity index (χ0v) is 10.6. The van der Waals surface area contributed by atoms with Crippen LogP contribution in [0.15, 0.2) is 61.2 Å². The van der Waals surface area contributed by atoms with Crippen LogP contribution in [0, 0.1) is 18.8 Å². The van der Waals surface area contributed by atoms with Crippen LogP contribution in [0.1, 0.15) is 22.3 Å². The van der Waals surface area contributed by atoms with Crippen molar-refractivity contribution in [1.29, 1.82) is 0 Å². The normalized spacial score (nSPS) is 9.39. The van der Waals surface area contributed by atoms with Gasteiger partial charge in [-0.15, -0.1) is 6.58 Å². The molecule has 0 aliphatic rings. The number of rotatable bonds is 2. The van der Waals surface area contributed by atoms with Gasteiger partial charge >= 0.3 is 0 Å². The minimum Gasteiger partial charge on any atom is -0.103 e. The van der Waals surface area contributed by atoms with E-state index in [0.717, 1.165) is 17.5 Å². The van der Waals surface area contributed by atoms with E-state index < -0.39 is 0 Å². The molecule has 0 atom stereocenters. The first-order valence-corrected chi connectivity index (χ1v) is 6.07. The quantitative estimate of drug-likeness (QED) is 0.539. The first-order valence-electron chi connectivity index (χ1n) is 6.07. The minimum absolute atomic E-state index is 0.889. The molecular formula is C18H16. The second-order valence-corrected chi connectivity index (χ2v) is 4.26. The molecule has 0 bridgehead atoms. The largest absolute Gasteiger partial charge is 0.103 e. The molecule has 0 amide bonds. The molecule has 0 nitrogen and oxygen atoms in total. The molecule has 0 heterocycles. The lowest BCUT2D eigenvalue weighted by molar-refractivity contribution is 1.25. The minimum atomic E-state index is 0.889. The average Bonchev–Trinajstić information content (AvgIpc) is 2.41. The monoisotopic (exact) mass is 232 g/mol. The van der Waals surface area contributed by atoms with Crippen molar-refractivity contribution in [2.45, 2.75) is 13.3 Å². The van der Waals surface area contributed by atoms with Gasteiger partial charge in [0.15, 0.2) is 0 Å². The Labute approximate surface area is 109 Å². The summed E-state index contributed by atoms with van der Waals surface area (Å²) in [4.78, 5) is 0. The average molecular weight is 232 g/mol. The SMILES string of the molecule is C=CCc1ccc(C)c(C#Cc2ccccc2)c1. The maximum Gasteiger partial charge on any atom is 0.0281 e. The lowest BCUT2D eigenvalue weighted by atomic mass is 10.0. The highest BCUT2D eigenvalue weighted by molar-refractivity contribution is 5.47. The van der Waals surface area contributed by atoms with Crippen molar-refractivity contribution in [2.24, 2.45) is 0 Å². The second-order valence-electron chi connectivity index (χ2n) is 4.26. The highest BCUT2D eigenvalue weighted by Gasteiger charge is 1.96. The van der Waals surface area contributed by atoms with Crippen LogP contribution in [-0.4, -0.2) is 0 Å². The van der Waals surface area contributed by atoms with Crippen LogP contribution in [0.25, 0.3) is 0 Å². The van der Waals surface area contributed by atoms with Gasteiger partial charge < -0.3 is 0 Å². The summed E-state index contributed by atoms with van der Waals surface area (Å²) in [5.74, 6) is 6.44. The molecule has 0 saturated carbocycles. The van der Waals surface area contributed by atoms with Crippen molar-refractivity contribution in [2.75, 3.05) is 0 Å². The summed E-state index contributed by atoms with van der Waals surface area (Å²) in [6.45, 7) is 5.86. The van der Waals surface area contributed by atoms with Crippen LogP contribution >= 0.6 is 0 Å². The van der Waals surface area contributed by atoms with Gasteiger partial charge in [0.1, 0.15) is 0 Å². The maximum atomic E-state index is 3.77. The summed E-state index contributed by atoms with van der Waals surface area (Å²) in [6.07, 6.45) is 2.80. The van der Waals surface area contributed by atoms with Crippen molar-refractivity contribution in [3.05, 3.63) is 83.4 Å². The maximum absolute atomic E-state index is 3.77. The lowest BCUT2D eigenvalue weighted by Gasteiger charge is -2.01. The van der Waals surface area contributed by atoms with Crippen LogP contribution in [0.2, 0.25) is 0 Å². The summed E-state index contributed by atoms with van der Waals surface area (Å²) in [7, 11) is 0. The van der Waals surface area contributed by atoms with E-state index in [1.165, 1.54) is 11.1 Å². The van der Waals surface area contributed by atoms with Crippen LogP contribution in [0.5, 0.6) is 0 Å². The summed E-state index contributed by atoms with van der Waals surface area (Å²) in [5.41, 5.74) is 4.61. The summed E-state index contributed by atoms with van der Waals surface area (Å²) in [6, 6.07) is 16.5. The van der Waals surface area contributed by atoms with Gasteiger partial charge in [0.2, 0.25) is 0 Å². The second kappa shape index (κ2) is 5.89. The van der Waals surface area contributed by atoms with E-state index in [1.54, 1.807) is 0 Å². The Kier molecular flexibility index (Phi) is 3.99. The zero-order chi connectivity index (χ0) is 12.8. The Hall–Kier alpha value is -2.26. The van der Waals surface area contributed by atoms with E-state index in [9.17, 15) is 0 Å². The van der Waals surface area contributed by atoms with Gasteiger partial charge in [0, 0.05) is 11.1 Å². The van der Waals surface area contributed by atoms with Crippen molar-refractivity contribution in [1.82, 2.24) is 0 Å². The molecule has 0 spiro atoms. The fraction of sp³-hybridized carbons (Fsp3) is 0.111. The van der Waals surface area contributed by atoms with E-state index >= 15 is 0 Å². The number of hydrogen-bond acceptors (Lipinski definition) is 0. The molecule has 0 heteroatoms. The van der Waals surface area contributed by atoms with Gasteiger partial charge in [0.05, 0.1) is 0 Å². The van der Waals surface area contributed by atoms with Gasteiger partial charge in [-0.05, 0) is 42.7 Å². The molecule has 0 N–H and O–H groups in total.